The SMILES string of the molecule is Cc1cccc(CN2CCC(NC(=O)c3c(C)nn(-c4ccc(F)cc4)c3Cl)CC2)c1. The van der Waals surface area contributed by atoms with E-state index in [0.29, 0.717) is 16.9 Å². The minimum Gasteiger partial charge on any atom is -0.349 e. The lowest BCUT2D eigenvalue weighted by Crippen LogP contribution is -2.44. The highest BCUT2D eigenvalue weighted by molar-refractivity contribution is 6.33. The highest BCUT2D eigenvalue weighted by atomic mass is 35.5. The van der Waals surface area contributed by atoms with Crippen LogP contribution >= 0.6 is 11.6 Å². The van der Waals surface area contributed by atoms with Crippen LogP contribution in [0.3, 0.4) is 0 Å². The van der Waals surface area contributed by atoms with E-state index in [1.54, 1.807) is 19.1 Å². The van der Waals surface area contributed by atoms with Gasteiger partial charge >= 0.3 is 0 Å². The zero-order valence-corrected chi connectivity index (χ0v) is 18.5. The van der Waals surface area contributed by atoms with Crippen LogP contribution in [0.15, 0.2) is 48.5 Å². The highest BCUT2D eigenvalue weighted by Gasteiger charge is 2.25. The van der Waals surface area contributed by atoms with Gasteiger partial charge in [-0.15, -0.1) is 0 Å². The Morgan fingerprint density at radius 3 is 2.55 bits per heavy atom. The summed E-state index contributed by atoms with van der Waals surface area (Å²) in [5.74, 6) is -0.552. The molecule has 2 heterocycles. The molecule has 0 spiro atoms. The second kappa shape index (κ2) is 9.20. The van der Waals surface area contributed by atoms with E-state index >= 15 is 0 Å². The molecule has 1 aliphatic rings. The molecule has 4 rings (SSSR count). The van der Waals surface area contributed by atoms with Crippen LogP contribution in [-0.2, 0) is 6.54 Å². The largest absolute Gasteiger partial charge is 0.349 e. The number of carbonyl (C=O) groups is 1. The third-order valence-electron chi connectivity index (χ3n) is 5.71. The van der Waals surface area contributed by atoms with Crippen molar-refractivity contribution in [1.82, 2.24) is 20.0 Å². The van der Waals surface area contributed by atoms with E-state index in [4.69, 9.17) is 11.6 Å². The van der Waals surface area contributed by atoms with Gasteiger partial charge in [-0.3, -0.25) is 9.69 Å². The van der Waals surface area contributed by atoms with E-state index in [9.17, 15) is 9.18 Å². The standard InChI is InChI=1S/C24H26ClFN4O/c1-16-4-3-5-18(14-16)15-29-12-10-20(11-13-29)27-24(31)22-17(2)28-30(23(22)25)21-8-6-19(26)7-9-21/h3-9,14,20H,10-13,15H2,1-2H3,(H,27,31). The number of nitrogens with one attached hydrogen (secondary N) is 1. The topological polar surface area (TPSA) is 50.2 Å². The van der Waals surface area contributed by atoms with Gasteiger partial charge in [0.05, 0.1) is 16.9 Å². The third kappa shape index (κ3) is 4.97. The minimum atomic E-state index is -0.338. The smallest absolute Gasteiger partial charge is 0.256 e. The lowest BCUT2D eigenvalue weighted by atomic mass is 10.0. The molecule has 1 amide bonds. The molecule has 1 aromatic heterocycles. The molecular weight excluding hydrogens is 415 g/mol. The van der Waals surface area contributed by atoms with Crippen LogP contribution in [0.2, 0.25) is 5.15 Å². The van der Waals surface area contributed by atoms with Crippen molar-refractivity contribution in [2.75, 3.05) is 13.1 Å². The van der Waals surface area contributed by atoms with Crippen LogP contribution in [0.5, 0.6) is 0 Å². The van der Waals surface area contributed by atoms with E-state index in [2.05, 4.69) is 46.5 Å². The Labute approximate surface area is 186 Å². The van der Waals surface area contributed by atoms with Crippen molar-refractivity contribution in [2.45, 2.75) is 39.3 Å². The predicted molar refractivity (Wildman–Crippen MR) is 120 cm³/mol. The predicted octanol–water partition coefficient (Wildman–Crippen LogP) is 4.68. The number of rotatable bonds is 5. The van der Waals surface area contributed by atoms with Gasteiger partial charge in [0.2, 0.25) is 0 Å². The number of hydrogen-bond donors (Lipinski definition) is 1. The Kier molecular flexibility index (Phi) is 6.39. The number of nitrogens with zero attached hydrogens (tertiary/aromatic N) is 3. The van der Waals surface area contributed by atoms with E-state index in [0.717, 1.165) is 32.5 Å². The van der Waals surface area contributed by atoms with Crippen LogP contribution in [-0.4, -0.2) is 39.7 Å². The van der Waals surface area contributed by atoms with Gasteiger partial charge in [-0.05, 0) is 56.5 Å². The van der Waals surface area contributed by atoms with Crippen molar-refractivity contribution >= 4 is 17.5 Å². The lowest BCUT2D eigenvalue weighted by Gasteiger charge is -2.32. The maximum atomic E-state index is 13.2. The first-order valence-electron chi connectivity index (χ1n) is 10.5. The quantitative estimate of drug-likeness (QED) is 0.627. The summed E-state index contributed by atoms with van der Waals surface area (Å²) in [5.41, 5.74) is 4.11. The van der Waals surface area contributed by atoms with Crippen molar-refractivity contribution in [3.63, 3.8) is 0 Å². The Hall–Kier alpha value is -2.70. The van der Waals surface area contributed by atoms with E-state index in [-0.39, 0.29) is 22.9 Å². The summed E-state index contributed by atoms with van der Waals surface area (Å²) in [4.78, 5) is 15.4. The molecule has 0 aliphatic carbocycles. The number of hydrogen-bond acceptors (Lipinski definition) is 3. The summed E-state index contributed by atoms with van der Waals surface area (Å²) >= 11 is 6.48. The first kappa shape index (κ1) is 21.5. The molecule has 1 aliphatic heterocycles. The minimum absolute atomic E-state index is 0.103. The Morgan fingerprint density at radius 1 is 1.16 bits per heavy atom. The average molecular weight is 441 g/mol. The summed E-state index contributed by atoms with van der Waals surface area (Å²) in [5, 5.41) is 7.74. The summed E-state index contributed by atoms with van der Waals surface area (Å²) in [6.45, 7) is 6.65. The zero-order chi connectivity index (χ0) is 22.0. The molecule has 1 saturated heterocycles. The summed E-state index contributed by atoms with van der Waals surface area (Å²) < 4.78 is 14.7. The summed E-state index contributed by atoms with van der Waals surface area (Å²) in [6, 6.07) is 14.5. The van der Waals surface area contributed by atoms with Gasteiger partial charge in [0.15, 0.2) is 0 Å². The molecule has 1 N–H and O–H groups in total. The van der Waals surface area contributed by atoms with Gasteiger partial charge in [0, 0.05) is 25.7 Å². The van der Waals surface area contributed by atoms with Gasteiger partial charge in [0.1, 0.15) is 11.0 Å². The van der Waals surface area contributed by atoms with Gasteiger partial charge < -0.3 is 5.32 Å². The van der Waals surface area contributed by atoms with Crippen LogP contribution in [0, 0.1) is 19.7 Å². The fraction of sp³-hybridized carbons (Fsp3) is 0.333. The Morgan fingerprint density at radius 2 is 1.87 bits per heavy atom. The number of aromatic nitrogens is 2. The average Bonchev–Trinajstić information content (AvgIpc) is 3.04. The molecule has 0 radical (unpaired) electrons. The maximum absolute atomic E-state index is 13.2. The molecule has 2 aromatic carbocycles. The van der Waals surface area contributed by atoms with Gasteiger partial charge in [-0.2, -0.15) is 5.10 Å². The molecule has 0 unspecified atom stereocenters. The number of halogens is 2. The molecule has 0 bridgehead atoms. The normalized spacial score (nSPS) is 15.2. The van der Waals surface area contributed by atoms with Crippen LogP contribution in [0.25, 0.3) is 5.69 Å². The zero-order valence-electron chi connectivity index (χ0n) is 17.7. The van der Waals surface area contributed by atoms with Crippen LogP contribution in [0.1, 0.15) is 40.0 Å². The Balaban J connectivity index is 1.37. The molecular formula is C24H26ClFN4O. The first-order chi connectivity index (χ1) is 14.9. The second-order valence-electron chi connectivity index (χ2n) is 8.15. The van der Waals surface area contributed by atoms with Gasteiger partial charge in [-0.1, -0.05) is 41.4 Å². The molecule has 31 heavy (non-hydrogen) atoms. The maximum Gasteiger partial charge on any atom is 0.256 e. The summed E-state index contributed by atoms with van der Waals surface area (Å²) in [7, 11) is 0. The van der Waals surface area contributed by atoms with E-state index in [1.165, 1.54) is 27.9 Å². The van der Waals surface area contributed by atoms with Gasteiger partial charge in [-0.25, -0.2) is 9.07 Å². The molecule has 1 fully saturated rings. The van der Waals surface area contributed by atoms with Crippen molar-refractivity contribution in [3.8, 4) is 5.69 Å². The molecule has 0 atom stereocenters. The monoisotopic (exact) mass is 440 g/mol. The molecule has 3 aromatic rings. The first-order valence-corrected chi connectivity index (χ1v) is 10.9. The number of amides is 1. The fourth-order valence-electron chi connectivity index (χ4n) is 4.07. The highest BCUT2D eigenvalue weighted by Crippen LogP contribution is 2.24. The molecule has 7 heteroatoms. The third-order valence-corrected chi connectivity index (χ3v) is 6.06. The van der Waals surface area contributed by atoms with Crippen molar-refractivity contribution in [3.05, 3.63) is 81.9 Å². The number of aryl methyl sites for hydroxylation is 2. The van der Waals surface area contributed by atoms with Gasteiger partial charge in [0.25, 0.3) is 5.91 Å². The number of likely N-dealkylation sites (tertiary alicyclic amines) is 1. The fourth-order valence-corrected chi connectivity index (χ4v) is 4.43. The van der Waals surface area contributed by atoms with Crippen molar-refractivity contribution < 1.29 is 9.18 Å². The van der Waals surface area contributed by atoms with Crippen LogP contribution in [0.4, 0.5) is 4.39 Å². The van der Waals surface area contributed by atoms with E-state index < -0.39 is 0 Å². The number of benzene rings is 2. The van der Waals surface area contributed by atoms with Crippen molar-refractivity contribution in [1.29, 1.82) is 0 Å². The van der Waals surface area contributed by atoms with Crippen LogP contribution < -0.4 is 5.32 Å². The molecule has 0 saturated carbocycles. The second-order valence-corrected chi connectivity index (χ2v) is 8.51. The number of piperidine rings is 1. The lowest BCUT2D eigenvalue weighted by molar-refractivity contribution is 0.0908. The Bertz CT molecular complexity index is 1070. The number of carbonyl (C=O) groups excluding carboxylic acids is 1. The molecule has 5 nitrogen and oxygen atoms in total. The summed E-state index contributed by atoms with van der Waals surface area (Å²) in [6.07, 6.45) is 1.78. The molecule has 162 valence electrons. The van der Waals surface area contributed by atoms with E-state index in [1.807, 2.05) is 0 Å². The van der Waals surface area contributed by atoms with Crippen molar-refractivity contribution in [2.24, 2.45) is 0 Å².